The number of hydrogen-bond donors (Lipinski definition) is 3. The first-order valence-corrected chi connectivity index (χ1v) is 7.39. The molecule has 1 amide bonds. The monoisotopic (exact) mass is 308 g/mol. The van der Waals surface area contributed by atoms with E-state index in [-0.39, 0.29) is 25.4 Å². The Bertz CT molecular complexity index is 608. The summed E-state index contributed by atoms with van der Waals surface area (Å²) in [6.45, 7) is -0.283. The van der Waals surface area contributed by atoms with E-state index in [4.69, 9.17) is 10.2 Å². The van der Waals surface area contributed by atoms with Gasteiger partial charge in [-0.25, -0.2) is 9.78 Å². The lowest BCUT2D eigenvalue weighted by Gasteiger charge is -2.12. The molecule has 0 aliphatic carbocycles. The fourth-order valence-electron chi connectivity index (χ4n) is 1.90. The maximum atomic E-state index is 11.7. The number of carbonyl (C=O) groups is 2. The molecule has 0 saturated carbocycles. The second-order valence-corrected chi connectivity index (χ2v) is 5.66. The second-order valence-electron chi connectivity index (χ2n) is 4.55. The number of carbonyl (C=O) groups excluding carboxylic acids is 1. The number of aliphatic carboxylic acids is 1. The van der Waals surface area contributed by atoms with Crippen LogP contribution in [0.25, 0.3) is 10.2 Å². The van der Waals surface area contributed by atoms with Gasteiger partial charge in [0.25, 0.3) is 0 Å². The fourth-order valence-corrected chi connectivity index (χ4v) is 2.87. The van der Waals surface area contributed by atoms with Gasteiger partial charge >= 0.3 is 5.97 Å². The molecule has 21 heavy (non-hydrogen) atoms. The van der Waals surface area contributed by atoms with E-state index < -0.39 is 12.0 Å². The number of nitrogens with zero attached hydrogens (tertiary/aromatic N) is 1. The Morgan fingerprint density at radius 1 is 1.33 bits per heavy atom. The van der Waals surface area contributed by atoms with Crippen molar-refractivity contribution in [1.82, 2.24) is 10.3 Å². The number of aliphatic hydroxyl groups excluding tert-OH is 1. The minimum Gasteiger partial charge on any atom is -0.480 e. The van der Waals surface area contributed by atoms with Crippen LogP contribution in [0, 0.1) is 0 Å². The number of aliphatic hydroxyl groups is 1. The minimum atomic E-state index is -1.14. The fraction of sp³-hybridized carbons (Fsp3) is 0.357. The quantitative estimate of drug-likeness (QED) is 0.713. The normalized spacial score (nSPS) is 12.2. The number of aromatic nitrogens is 1. The third-order valence-electron chi connectivity index (χ3n) is 2.96. The summed E-state index contributed by atoms with van der Waals surface area (Å²) in [4.78, 5) is 27.0. The standard InChI is InChI=1S/C14H16N2O4S/c17-8-7-10(14(19)20)15-12(18)5-6-13-16-9-3-1-2-4-11(9)21-13/h1-4,10,17H,5-8H2,(H,15,18)(H,19,20). The Labute approximate surface area is 125 Å². The van der Waals surface area contributed by atoms with E-state index in [0.29, 0.717) is 6.42 Å². The Balaban J connectivity index is 1.89. The molecule has 3 N–H and O–H groups in total. The minimum absolute atomic E-state index is 0.00219. The van der Waals surface area contributed by atoms with Gasteiger partial charge in [-0.05, 0) is 12.1 Å². The van der Waals surface area contributed by atoms with E-state index in [1.807, 2.05) is 24.3 Å². The number of aryl methyl sites for hydroxylation is 1. The molecule has 0 fully saturated rings. The first-order valence-electron chi connectivity index (χ1n) is 6.57. The van der Waals surface area contributed by atoms with Crippen molar-refractivity contribution in [2.45, 2.75) is 25.3 Å². The molecular weight excluding hydrogens is 292 g/mol. The zero-order valence-corrected chi connectivity index (χ0v) is 12.1. The summed E-state index contributed by atoms with van der Waals surface area (Å²) in [5.41, 5.74) is 0.904. The summed E-state index contributed by atoms with van der Waals surface area (Å²) in [5, 5.41) is 20.9. The van der Waals surface area contributed by atoms with Gasteiger partial charge in [0.05, 0.1) is 15.2 Å². The molecule has 7 heteroatoms. The molecule has 0 spiro atoms. The molecule has 1 aromatic carbocycles. The lowest BCUT2D eigenvalue weighted by Crippen LogP contribution is -2.41. The SMILES string of the molecule is O=C(CCc1nc2ccccc2s1)NC(CCO)C(=O)O. The Hall–Kier alpha value is -1.99. The Morgan fingerprint density at radius 2 is 2.10 bits per heavy atom. The third-order valence-corrected chi connectivity index (χ3v) is 4.05. The van der Waals surface area contributed by atoms with E-state index >= 15 is 0 Å². The van der Waals surface area contributed by atoms with Crippen molar-refractivity contribution < 1.29 is 19.8 Å². The molecule has 1 aromatic heterocycles. The maximum absolute atomic E-state index is 11.7. The van der Waals surface area contributed by atoms with Crippen molar-refractivity contribution in [3.63, 3.8) is 0 Å². The number of amides is 1. The molecule has 1 unspecified atom stereocenters. The van der Waals surface area contributed by atoms with Crippen molar-refractivity contribution >= 4 is 33.4 Å². The average Bonchev–Trinajstić information content (AvgIpc) is 2.87. The van der Waals surface area contributed by atoms with Crippen molar-refractivity contribution in [1.29, 1.82) is 0 Å². The molecule has 2 rings (SSSR count). The summed E-state index contributed by atoms with van der Waals surface area (Å²) >= 11 is 1.53. The maximum Gasteiger partial charge on any atom is 0.326 e. The van der Waals surface area contributed by atoms with Crippen molar-refractivity contribution in [2.75, 3.05) is 6.61 Å². The van der Waals surface area contributed by atoms with E-state index in [1.54, 1.807) is 0 Å². The molecule has 0 bridgehead atoms. The number of carboxylic acids is 1. The van der Waals surface area contributed by atoms with E-state index in [2.05, 4.69) is 10.3 Å². The number of nitrogens with one attached hydrogen (secondary N) is 1. The van der Waals surface area contributed by atoms with E-state index in [1.165, 1.54) is 11.3 Å². The predicted molar refractivity (Wildman–Crippen MR) is 79.2 cm³/mol. The average molecular weight is 308 g/mol. The second kappa shape index (κ2) is 7.14. The largest absolute Gasteiger partial charge is 0.480 e. The summed E-state index contributed by atoms with van der Waals surface area (Å²) in [6.07, 6.45) is 0.647. The summed E-state index contributed by atoms with van der Waals surface area (Å²) in [7, 11) is 0. The van der Waals surface area contributed by atoms with Crippen LogP contribution in [-0.2, 0) is 16.0 Å². The Morgan fingerprint density at radius 3 is 2.76 bits per heavy atom. The van der Waals surface area contributed by atoms with Crippen LogP contribution in [0.4, 0.5) is 0 Å². The smallest absolute Gasteiger partial charge is 0.326 e. The molecule has 0 radical (unpaired) electrons. The summed E-state index contributed by atoms with van der Waals surface area (Å²) < 4.78 is 1.07. The number of para-hydroxylation sites is 1. The topological polar surface area (TPSA) is 99.5 Å². The van der Waals surface area contributed by atoms with Crippen LogP contribution in [0.15, 0.2) is 24.3 Å². The molecule has 2 aromatic rings. The van der Waals surface area contributed by atoms with E-state index in [9.17, 15) is 9.59 Å². The van der Waals surface area contributed by atoms with Gasteiger partial charge in [0.1, 0.15) is 6.04 Å². The number of carboxylic acid groups (broad SMARTS) is 1. The van der Waals surface area contributed by atoms with Crippen LogP contribution < -0.4 is 5.32 Å². The predicted octanol–water partition coefficient (Wildman–Crippen LogP) is 1.18. The van der Waals surface area contributed by atoms with Crippen LogP contribution in [0.2, 0.25) is 0 Å². The van der Waals surface area contributed by atoms with Crippen LogP contribution >= 0.6 is 11.3 Å². The highest BCUT2D eigenvalue weighted by molar-refractivity contribution is 7.18. The van der Waals surface area contributed by atoms with Gasteiger partial charge in [0.15, 0.2) is 0 Å². The number of hydrogen-bond acceptors (Lipinski definition) is 5. The summed E-state index contributed by atoms with van der Waals surface area (Å²) in [5.74, 6) is -1.49. The lowest BCUT2D eigenvalue weighted by atomic mass is 10.2. The molecule has 0 saturated heterocycles. The van der Waals surface area contributed by atoms with Gasteiger partial charge in [-0.15, -0.1) is 11.3 Å². The first kappa shape index (κ1) is 15.4. The highest BCUT2D eigenvalue weighted by Crippen LogP contribution is 2.22. The van der Waals surface area contributed by atoms with Crippen molar-refractivity contribution in [2.24, 2.45) is 0 Å². The highest BCUT2D eigenvalue weighted by atomic mass is 32.1. The van der Waals surface area contributed by atoms with Crippen molar-refractivity contribution in [3.05, 3.63) is 29.3 Å². The van der Waals surface area contributed by atoms with Crippen LogP contribution in [0.3, 0.4) is 0 Å². The first-order chi connectivity index (χ1) is 10.1. The van der Waals surface area contributed by atoms with Crippen LogP contribution in [0.1, 0.15) is 17.8 Å². The number of rotatable bonds is 7. The van der Waals surface area contributed by atoms with Gasteiger partial charge < -0.3 is 15.5 Å². The molecule has 6 nitrogen and oxygen atoms in total. The zero-order valence-electron chi connectivity index (χ0n) is 11.3. The molecule has 1 heterocycles. The van der Waals surface area contributed by atoms with Crippen LogP contribution in [0.5, 0.6) is 0 Å². The number of benzene rings is 1. The molecule has 0 aliphatic rings. The number of thiazole rings is 1. The van der Waals surface area contributed by atoms with Gasteiger partial charge in [0, 0.05) is 25.9 Å². The zero-order chi connectivity index (χ0) is 15.2. The molecule has 1 atom stereocenters. The Kier molecular flexibility index (Phi) is 5.24. The molecule has 0 aliphatic heterocycles. The molecular formula is C14H16N2O4S. The van der Waals surface area contributed by atoms with Gasteiger partial charge in [-0.2, -0.15) is 0 Å². The van der Waals surface area contributed by atoms with Gasteiger partial charge in [0.2, 0.25) is 5.91 Å². The molecule has 112 valence electrons. The third kappa shape index (κ3) is 4.24. The van der Waals surface area contributed by atoms with Crippen molar-refractivity contribution in [3.8, 4) is 0 Å². The van der Waals surface area contributed by atoms with Crippen LogP contribution in [-0.4, -0.2) is 39.7 Å². The van der Waals surface area contributed by atoms with Gasteiger partial charge in [-0.1, -0.05) is 12.1 Å². The van der Waals surface area contributed by atoms with E-state index in [0.717, 1.165) is 15.2 Å². The van der Waals surface area contributed by atoms with Gasteiger partial charge in [-0.3, -0.25) is 4.79 Å². The summed E-state index contributed by atoms with van der Waals surface area (Å²) in [6, 6.07) is 6.68. The highest BCUT2D eigenvalue weighted by Gasteiger charge is 2.19. The lowest BCUT2D eigenvalue weighted by molar-refractivity contribution is -0.142. The number of fused-ring (bicyclic) bond motifs is 1.